The molecule has 1 aliphatic heterocycles. The third kappa shape index (κ3) is 11.5. The van der Waals surface area contributed by atoms with E-state index in [2.05, 4.69) is 32.8 Å². The average molecular weight is 585 g/mol. The summed E-state index contributed by atoms with van der Waals surface area (Å²) < 4.78 is 0. The molecule has 0 aromatic heterocycles. The smallest absolute Gasteiger partial charge is 0.354 e. The highest BCUT2D eigenvalue weighted by molar-refractivity contribution is 8.00. The summed E-state index contributed by atoms with van der Waals surface area (Å²) in [6.45, 7) is 6.54. The van der Waals surface area contributed by atoms with Crippen molar-refractivity contribution < 1.29 is 43.8 Å². The molecule has 0 radical (unpaired) electrons. The van der Waals surface area contributed by atoms with Crippen LogP contribution < -0.4 is 27.0 Å². The van der Waals surface area contributed by atoms with Crippen LogP contribution in [0.25, 0.3) is 0 Å². The Morgan fingerprint density at radius 1 is 1.05 bits per heavy atom. The van der Waals surface area contributed by atoms with Crippen molar-refractivity contribution in [2.24, 2.45) is 10.7 Å². The van der Waals surface area contributed by atoms with Crippen LogP contribution in [0, 0.1) is 0 Å². The van der Waals surface area contributed by atoms with E-state index in [-0.39, 0.29) is 36.3 Å². The third-order valence-electron chi connectivity index (χ3n) is 5.67. The molecule has 1 heterocycles. The summed E-state index contributed by atoms with van der Waals surface area (Å²) in [6, 6.07) is -4.72. The molecule has 16 heteroatoms. The highest BCUT2D eigenvalue weighted by atomic mass is 32.2. The van der Waals surface area contributed by atoms with E-state index in [4.69, 9.17) is 5.73 Å². The molecule has 1 rings (SSSR count). The van der Waals surface area contributed by atoms with E-state index >= 15 is 0 Å². The molecule has 5 unspecified atom stereocenters. The number of carboxylic acids is 2. The molecule has 0 aromatic carbocycles. The number of carbonyl (C=O) groups excluding carboxylic acids is 5. The minimum absolute atomic E-state index is 0.159. The van der Waals surface area contributed by atoms with Crippen molar-refractivity contribution in [3.05, 3.63) is 12.2 Å². The fourth-order valence-electron chi connectivity index (χ4n) is 3.57. The first kappa shape index (κ1) is 34.2. The first-order valence-corrected chi connectivity index (χ1v) is 13.5. The lowest BCUT2D eigenvalue weighted by atomic mass is 10.1. The second-order valence-electron chi connectivity index (χ2n) is 9.02. The van der Waals surface area contributed by atoms with Gasteiger partial charge < -0.3 is 42.0 Å². The second-order valence-corrected chi connectivity index (χ2v) is 10.1. The van der Waals surface area contributed by atoms with Crippen molar-refractivity contribution in [2.45, 2.75) is 75.5 Å². The maximum absolute atomic E-state index is 13.0. The molecule has 0 saturated carbocycles. The van der Waals surface area contributed by atoms with Crippen LogP contribution in [0.1, 0.15) is 46.0 Å². The Kier molecular flexibility index (Phi) is 14.6. The first-order valence-electron chi connectivity index (χ1n) is 12.5. The predicted molar refractivity (Wildman–Crippen MR) is 145 cm³/mol. The van der Waals surface area contributed by atoms with Crippen molar-refractivity contribution >= 4 is 59.3 Å². The monoisotopic (exact) mass is 584 g/mol. The molecule has 0 aliphatic carbocycles. The first-order chi connectivity index (χ1) is 18.8. The molecule has 1 aliphatic rings. The van der Waals surface area contributed by atoms with Gasteiger partial charge in [-0.05, 0) is 44.7 Å². The Morgan fingerprint density at radius 3 is 2.27 bits per heavy atom. The van der Waals surface area contributed by atoms with Crippen LogP contribution in [0.2, 0.25) is 0 Å². The van der Waals surface area contributed by atoms with Crippen LogP contribution in [0.5, 0.6) is 0 Å². The molecule has 5 atom stereocenters. The van der Waals surface area contributed by atoms with Crippen molar-refractivity contribution in [3.8, 4) is 0 Å². The number of nitrogens with two attached hydrogens (primary N) is 1. The standard InChI is InChI=1S/C24H36N6O9S/c1-12-11-40-22(30-19(12)24(38)39)17(10-31)29-21(35)15(6-4-5-9-25)27-18(33)8-7-16(23(36)37)28-20(34)13(2)26-14(3)32/h10,13,15-17,22H,1,4-9,11,25H2,2-3H3,(H,26,32)(H,27,33)(H,28,34)(H,29,35)(H,36,37)(H,38,39). The third-order valence-corrected chi connectivity index (χ3v) is 6.93. The van der Waals surface area contributed by atoms with Crippen LogP contribution >= 0.6 is 11.8 Å². The maximum Gasteiger partial charge on any atom is 0.354 e. The number of hydrogen-bond donors (Lipinski definition) is 7. The molecular weight excluding hydrogens is 548 g/mol. The summed E-state index contributed by atoms with van der Waals surface area (Å²) >= 11 is 1.12. The minimum Gasteiger partial charge on any atom is -0.480 e. The van der Waals surface area contributed by atoms with E-state index in [0.717, 1.165) is 11.8 Å². The minimum atomic E-state index is -1.43. The molecule has 8 N–H and O–H groups in total. The van der Waals surface area contributed by atoms with Gasteiger partial charge in [0, 0.05) is 19.1 Å². The zero-order chi connectivity index (χ0) is 30.4. The molecule has 40 heavy (non-hydrogen) atoms. The lowest BCUT2D eigenvalue weighted by Crippen LogP contribution is -2.53. The van der Waals surface area contributed by atoms with E-state index in [1.54, 1.807) is 0 Å². The number of amides is 4. The Morgan fingerprint density at radius 2 is 1.73 bits per heavy atom. The van der Waals surface area contributed by atoms with Crippen LogP contribution in [-0.4, -0.2) is 99.6 Å². The summed E-state index contributed by atoms with van der Waals surface area (Å²) in [5.41, 5.74) is 5.50. The molecule has 0 bridgehead atoms. The van der Waals surface area contributed by atoms with Gasteiger partial charge in [0.15, 0.2) is 0 Å². The average Bonchev–Trinajstić information content (AvgIpc) is 2.88. The summed E-state index contributed by atoms with van der Waals surface area (Å²) in [7, 11) is 0. The van der Waals surface area contributed by atoms with Gasteiger partial charge >= 0.3 is 11.9 Å². The molecule has 4 amide bonds. The lowest BCUT2D eigenvalue weighted by molar-refractivity contribution is -0.142. The highest BCUT2D eigenvalue weighted by Crippen LogP contribution is 2.25. The number of rotatable bonds is 17. The van der Waals surface area contributed by atoms with Crippen molar-refractivity contribution in [3.63, 3.8) is 0 Å². The van der Waals surface area contributed by atoms with Gasteiger partial charge in [0.2, 0.25) is 23.6 Å². The normalized spacial score (nSPS) is 17.7. The zero-order valence-electron chi connectivity index (χ0n) is 22.3. The Labute approximate surface area is 235 Å². The molecule has 0 spiro atoms. The summed E-state index contributed by atoms with van der Waals surface area (Å²) in [5.74, 6) is -5.13. The molecular formula is C24H36N6O9S. The van der Waals surface area contributed by atoms with Gasteiger partial charge in [-0.15, -0.1) is 11.8 Å². The maximum atomic E-state index is 13.0. The number of aldehydes is 1. The van der Waals surface area contributed by atoms with E-state index in [0.29, 0.717) is 25.7 Å². The number of carboxylic acid groups (broad SMARTS) is 2. The molecule has 0 aromatic rings. The second kappa shape index (κ2) is 17.0. The number of nitrogens with zero attached hydrogens (tertiary/aromatic N) is 1. The van der Waals surface area contributed by atoms with Crippen LogP contribution in [0.4, 0.5) is 0 Å². The fraction of sp³-hybridized carbons (Fsp3) is 0.583. The quantitative estimate of drug-likeness (QED) is 0.0751. The Balaban J connectivity index is 2.88. The number of aliphatic imine (C=N–C) groups is 1. The number of hydrogen-bond acceptors (Lipinski definition) is 10. The number of unbranched alkanes of at least 4 members (excludes halogenated alkanes) is 1. The Hall–Kier alpha value is -3.79. The van der Waals surface area contributed by atoms with Gasteiger partial charge in [0.05, 0.1) is 0 Å². The van der Waals surface area contributed by atoms with Crippen molar-refractivity contribution in [1.29, 1.82) is 0 Å². The molecule has 0 saturated heterocycles. The van der Waals surface area contributed by atoms with Crippen LogP contribution in [0.15, 0.2) is 17.1 Å². The summed E-state index contributed by atoms with van der Waals surface area (Å²) in [5, 5.41) is 27.4. The topological polar surface area (TPSA) is 246 Å². The van der Waals surface area contributed by atoms with E-state index < -0.39 is 65.1 Å². The van der Waals surface area contributed by atoms with Crippen LogP contribution in [0.3, 0.4) is 0 Å². The fourth-order valence-corrected chi connectivity index (χ4v) is 4.59. The van der Waals surface area contributed by atoms with Gasteiger partial charge in [-0.3, -0.25) is 24.2 Å². The largest absolute Gasteiger partial charge is 0.480 e. The van der Waals surface area contributed by atoms with Gasteiger partial charge in [-0.1, -0.05) is 6.58 Å². The van der Waals surface area contributed by atoms with Gasteiger partial charge in [0.25, 0.3) is 0 Å². The summed E-state index contributed by atoms with van der Waals surface area (Å²) in [4.78, 5) is 87.7. The number of aliphatic carboxylic acids is 2. The lowest BCUT2D eigenvalue weighted by Gasteiger charge is -2.27. The van der Waals surface area contributed by atoms with E-state index in [1.807, 2.05) is 0 Å². The summed E-state index contributed by atoms with van der Waals surface area (Å²) in [6.07, 6.45) is 0.914. The number of thioether (sulfide) groups is 1. The molecule has 222 valence electrons. The van der Waals surface area contributed by atoms with Gasteiger partial charge in [-0.2, -0.15) is 0 Å². The predicted octanol–water partition coefficient (Wildman–Crippen LogP) is -1.69. The number of nitrogens with one attached hydrogen (secondary N) is 4. The van der Waals surface area contributed by atoms with Gasteiger partial charge in [0.1, 0.15) is 41.5 Å². The molecule has 0 fully saturated rings. The SMILES string of the molecule is C=C1CSC(C(C=O)NC(=O)C(CCCCN)NC(=O)CCC(NC(=O)C(C)NC(C)=O)C(=O)O)N=C1C(=O)O. The Bertz CT molecular complexity index is 1030. The molecule has 15 nitrogen and oxygen atoms in total. The van der Waals surface area contributed by atoms with Gasteiger partial charge in [-0.25, -0.2) is 9.59 Å². The van der Waals surface area contributed by atoms with E-state index in [9.17, 15) is 43.8 Å². The highest BCUT2D eigenvalue weighted by Gasteiger charge is 2.32. The van der Waals surface area contributed by atoms with Crippen LogP contribution in [-0.2, 0) is 33.6 Å². The van der Waals surface area contributed by atoms with Crippen molar-refractivity contribution in [2.75, 3.05) is 12.3 Å². The zero-order valence-corrected chi connectivity index (χ0v) is 23.1. The number of carbonyl (C=O) groups is 7. The van der Waals surface area contributed by atoms with Crippen molar-refractivity contribution in [1.82, 2.24) is 21.3 Å². The van der Waals surface area contributed by atoms with E-state index in [1.165, 1.54) is 13.8 Å².